The van der Waals surface area contributed by atoms with Crippen molar-refractivity contribution >= 4 is 63.5 Å². The molecule has 0 aliphatic heterocycles. The van der Waals surface area contributed by atoms with E-state index in [1.807, 2.05) is 36.4 Å². The lowest BCUT2D eigenvalue weighted by atomic mass is 9.94. The van der Waals surface area contributed by atoms with Gasteiger partial charge in [0, 0.05) is 23.1 Å². The molecule has 0 radical (unpaired) electrons. The van der Waals surface area contributed by atoms with Gasteiger partial charge in [-0.05, 0) is 145 Å². The van der Waals surface area contributed by atoms with E-state index < -0.39 is 11.9 Å². The van der Waals surface area contributed by atoms with Crippen LogP contribution < -0.4 is 19.3 Å². The van der Waals surface area contributed by atoms with Gasteiger partial charge in [-0.1, -0.05) is 126 Å². The number of halogens is 2. The minimum absolute atomic E-state index is 0.117. The standard InChI is InChI=1S/C56H45Cl2N2O4/c1-5-55(61)63-49-29-15-41(16-30-49)39-11-25-47(26-12-39)60(48-27-13-40(14-28-48)42-17-31-50(32-18-42)64-56(62)6-2)54-34-20-44(36-52(54)58)43-19-33-53(51(57)35-43)59(45-21-7-37(3)8-22-45)46-23-9-38(4)10-24-46/h5,7-13,15-23,25-27,29-36,46H,1-2,14,24,28H2,3-4H3/q+1. The molecule has 316 valence electrons. The monoisotopic (exact) mass is 879 g/mol. The molecular formula is C56H45Cl2N2O4+. The zero-order valence-corrected chi connectivity index (χ0v) is 37.1. The van der Waals surface area contributed by atoms with Crippen molar-refractivity contribution in [1.82, 2.24) is 0 Å². The van der Waals surface area contributed by atoms with Crippen molar-refractivity contribution in [3.05, 3.63) is 222 Å². The van der Waals surface area contributed by atoms with Crippen molar-refractivity contribution in [3.8, 4) is 33.8 Å². The Kier molecular flexibility index (Phi) is 13.2. The molecule has 8 heteroatoms. The fraction of sp³-hybridized carbons (Fsp3) is 0.107. The molecule has 2 aliphatic carbocycles. The first-order chi connectivity index (χ1) is 31.1. The van der Waals surface area contributed by atoms with Crippen molar-refractivity contribution in [3.63, 3.8) is 0 Å². The third-order valence-electron chi connectivity index (χ3n) is 11.3. The molecule has 6 nitrogen and oxygen atoms in total. The first-order valence-electron chi connectivity index (χ1n) is 21.0. The second-order valence-corrected chi connectivity index (χ2v) is 16.4. The molecule has 2 aliphatic rings. The minimum Gasteiger partial charge on any atom is -0.423 e. The SMILES string of the molecule is C=[C+]C(=O)Oc1ccc(C2=CC=C(N(c3ccc(-c4ccc(OC(=O)C=C)cc4)cc3)c3ccc(-c4ccc(N(c5ccc(C)cc5)C5C=CC(C)=CC5)c(Cl)c4)cc3Cl)CC2)cc1. The van der Waals surface area contributed by atoms with Crippen LogP contribution in [-0.4, -0.2) is 18.0 Å². The summed E-state index contributed by atoms with van der Waals surface area (Å²) >= 11 is 14.5. The van der Waals surface area contributed by atoms with E-state index in [-0.39, 0.29) is 6.04 Å². The van der Waals surface area contributed by atoms with E-state index in [1.54, 1.807) is 24.3 Å². The minimum atomic E-state index is -0.621. The molecule has 0 N–H and O–H groups in total. The Hall–Kier alpha value is -7.21. The maximum absolute atomic E-state index is 11.7. The highest BCUT2D eigenvalue weighted by Gasteiger charge is 2.24. The summed E-state index contributed by atoms with van der Waals surface area (Å²) in [5.74, 6) is -0.244. The maximum Gasteiger partial charge on any atom is 0.593 e. The summed E-state index contributed by atoms with van der Waals surface area (Å²) in [6.45, 7) is 11.0. The molecule has 0 spiro atoms. The number of hydrogen-bond acceptors (Lipinski definition) is 6. The molecule has 1 unspecified atom stereocenters. The number of carbonyl (C=O) groups excluding carboxylic acids is 2. The Labute approximate surface area is 385 Å². The van der Waals surface area contributed by atoms with Gasteiger partial charge >= 0.3 is 18.0 Å². The van der Waals surface area contributed by atoms with Crippen LogP contribution in [0.3, 0.4) is 0 Å². The Balaban J connectivity index is 1.11. The van der Waals surface area contributed by atoms with E-state index in [9.17, 15) is 9.59 Å². The first kappa shape index (κ1) is 43.4. The van der Waals surface area contributed by atoms with E-state index >= 15 is 0 Å². The van der Waals surface area contributed by atoms with Crippen LogP contribution in [0.25, 0.3) is 27.8 Å². The zero-order valence-electron chi connectivity index (χ0n) is 35.6. The second kappa shape index (κ2) is 19.5. The normalized spacial score (nSPS) is 14.3. The third kappa shape index (κ3) is 9.86. The van der Waals surface area contributed by atoms with Crippen molar-refractivity contribution in [2.24, 2.45) is 0 Å². The Morgan fingerprint density at radius 2 is 1.23 bits per heavy atom. The molecule has 0 heterocycles. The van der Waals surface area contributed by atoms with Crippen LogP contribution in [0.15, 0.2) is 194 Å². The van der Waals surface area contributed by atoms with Gasteiger partial charge in [-0.2, -0.15) is 4.79 Å². The first-order valence-corrected chi connectivity index (χ1v) is 21.7. The van der Waals surface area contributed by atoms with E-state index in [0.29, 0.717) is 21.5 Å². The number of hydrogen-bond donors (Lipinski definition) is 0. The summed E-state index contributed by atoms with van der Waals surface area (Å²) in [6, 6.07) is 44.2. The van der Waals surface area contributed by atoms with Gasteiger partial charge in [0.1, 0.15) is 11.5 Å². The van der Waals surface area contributed by atoms with Crippen molar-refractivity contribution in [2.75, 3.05) is 9.80 Å². The van der Waals surface area contributed by atoms with Gasteiger partial charge < -0.3 is 19.3 Å². The van der Waals surface area contributed by atoms with Crippen LogP contribution in [0.4, 0.5) is 22.7 Å². The van der Waals surface area contributed by atoms with E-state index in [2.05, 4.69) is 146 Å². The van der Waals surface area contributed by atoms with Crippen LogP contribution >= 0.6 is 23.2 Å². The summed E-state index contributed by atoms with van der Waals surface area (Å²) in [4.78, 5) is 27.9. The van der Waals surface area contributed by atoms with Crippen molar-refractivity contribution in [1.29, 1.82) is 0 Å². The van der Waals surface area contributed by atoms with Gasteiger partial charge in [-0.25, -0.2) is 4.79 Å². The Morgan fingerprint density at radius 1 is 0.672 bits per heavy atom. The molecule has 0 fully saturated rings. The molecule has 0 saturated heterocycles. The molecule has 8 rings (SSSR count). The highest BCUT2D eigenvalue weighted by Crippen LogP contribution is 2.43. The lowest BCUT2D eigenvalue weighted by Crippen LogP contribution is -2.30. The highest BCUT2D eigenvalue weighted by atomic mass is 35.5. The molecule has 1 atom stereocenters. The molecule has 64 heavy (non-hydrogen) atoms. The number of allylic oxidation sites excluding steroid dienone is 6. The number of carbonyl (C=O) groups is 2. The summed E-state index contributed by atoms with van der Waals surface area (Å²) in [6.07, 6.45) is 16.7. The average Bonchev–Trinajstić information content (AvgIpc) is 3.32. The predicted molar refractivity (Wildman–Crippen MR) is 263 cm³/mol. The molecule has 0 aromatic heterocycles. The van der Waals surface area contributed by atoms with Gasteiger partial charge in [-0.3, -0.25) is 0 Å². The summed E-state index contributed by atoms with van der Waals surface area (Å²) < 4.78 is 10.5. The van der Waals surface area contributed by atoms with E-state index in [1.165, 1.54) is 11.1 Å². The number of esters is 2. The summed E-state index contributed by atoms with van der Waals surface area (Å²) in [5.41, 5.74) is 13.4. The van der Waals surface area contributed by atoms with E-state index in [0.717, 1.165) is 87.2 Å². The fourth-order valence-electron chi connectivity index (χ4n) is 7.94. The smallest absolute Gasteiger partial charge is 0.423 e. The van der Waals surface area contributed by atoms with Crippen molar-refractivity contribution in [2.45, 2.75) is 39.2 Å². The number of benzene rings is 6. The molecule has 0 amide bonds. The van der Waals surface area contributed by atoms with Gasteiger partial charge in [-0.15, -0.1) is 0 Å². The predicted octanol–water partition coefficient (Wildman–Crippen LogP) is 14.9. The number of ether oxygens (including phenoxy) is 2. The Bertz CT molecular complexity index is 2860. The second-order valence-electron chi connectivity index (χ2n) is 15.6. The summed E-state index contributed by atoms with van der Waals surface area (Å²) in [7, 11) is 0. The molecule has 6 aromatic carbocycles. The number of aryl methyl sites for hydroxylation is 1. The number of anilines is 4. The molecule has 6 aromatic rings. The topological polar surface area (TPSA) is 59.1 Å². The maximum atomic E-state index is 11.7. The van der Waals surface area contributed by atoms with E-state index in [4.69, 9.17) is 32.7 Å². The van der Waals surface area contributed by atoms with Crippen LogP contribution in [0.5, 0.6) is 11.5 Å². The molecular weight excluding hydrogens is 836 g/mol. The Morgan fingerprint density at radius 3 is 1.78 bits per heavy atom. The van der Waals surface area contributed by atoms with Gasteiger partial charge in [0.25, 0.3) is 0 Å². The average molecular weight is 881 g/mol. The van der Waals surface area contributed by atoms with Gasteiger partial charge in [0.2, 0.25) is 0 Å². The van der Waals surface area contributed by atoms with Crippen LogP contribution in [0.1, 0.15) is 37.3 Å². The fourth-order valence-corrected chi connectivity index (χ4v) is 8.48. The van der Waals surface area contributed by atoms with Crippen LogP contribution in [-0.2, 0) is 9.59 Å². The van der Waals surface area contributed by atoms with Gasteiger partial charge in [0.05, 0.1) is 27.5 Å². The summed E-state index contributed by atoms with van der Waals surface area (Å²) in [5, 5.41) is 1.23. The van der Waals surface area contributed by atoms with Crippen molar-refractivity contribution < 1.29 is 19.1 Å². The molecule has 0 bridgehead atoms. The quantitative estimate of drug-likeness (QED) is 0.0498. The number of rotatable bonds is 13. The largest absolute Gasteiger partial charge is 0.593 e. The number of nitrogens with zero attached hydrogens (tertiary/aromatic N) is 2. The lowest BCUT2D eigenvalue weighted by Gasteiger charge is -2.34. The van der Waals surface area contributed by atoms with Gasteiger partial charge in [0.15, 0.2) is 6.58 Å². The zero-order chi connectivity index (χ0) is 44.7. The lowest BCUT2D eigenvalue weighted by molar-refractivity contribution is -0.130. The van der Waals surface area contributed by atoms with Crippen LogP contribution in [0.2, 0.25) is 10.0 Å². The molecule has 0 saturated carbocycles. The third-order valence-corrected chi connectivity index (χ3v) is 11.9. The highest BCUT2D eigenvalue weighted by molar-refractivity contribution is 6.34. The van der Waals surface area contributed by atoms with Crippen LogP contribution in [0, 0.1) is 13.0 Å².